The van der Waals surface area contributed by atoms with Crippen LogP contribution in [0, 0.1) is 11.8 Å². The van der Waals surface area contributed by atoms with Crippen LogP contribution in [0.5, 0.6) is 0 Å². The van der Waals surface area contributed by atoms with Gasteiger partial charge in [-0.25, -0.2) is 8.42 Å². The monoisotopic (exact) mass is 350 g/mol. The molecule has 7 heteroatoms. The van der Waals surface area contributed by atoms with Crippen LogP contribution in [-0.2, 0) is 10.0 Å². The number of fused-ring (bicyclic) bond motifs is 1. The first-order chi connectivity index (χ1) is 8.50. The standard InChI is InChI=1S/C11H15BrN2O2S2/c12-9-3-4-17-11(9)18(15,16)14-5-7-1-2-10(13)8(7)6-14/h3-4,7-8,10H,1-2,5-6,13H2. The molecule has 0 spiro atoms. The second-order valence-electron chi connectivity index (χ2n) is 5.04. The first kappa shape index (κ1) is 13.1. The van der Waals surface area contributed by atoms with Crippen LogP contribution in [0.15, 0.2) is 20.1 Å². The topological polar surface area (TPSA) is 63.4 Å². The Hall–Kier alpha value is 0.0500. The van der Waals surface area contributed by atoms with Crippen LogP contribution in [0.3, 0.4) is 0 Å². The van der Waals surface area contributed by atoms with Gasteiger partial charge in [0, 0.05) is 23.6 Å². The molecule has 1 aliphatic carbocycles. The molecule has 4 nitrogen and oxygen atoms in total. The number of thiophene rings is 1. The van der Waals surface area contributed by atoms with E-state index in [-0.39, 0.29) is 6.04 Å². The Kier molecular flexibility index (Phi) is 3.30. The van der Waals surface area contributed by atoms with E-state index in [4.69, 9.17) is 5.73 Å². The highest BCUT2D eigenvalue weighted by Crippen LogP contribution is 2.40. The zero-order valence-electron chi connectivity index (χ0n) is 9.75. The number of hydrogen-bond donors (Lipinski definition) is 1. The lowest BCUT2D eigenvalue weighted by Gasteiger charge is -2.17. The van der Waals surface area contributed by atoms with Gasteiger partial charge in [-0.15, -0.1) is 11.3 Å². The van der Waals surface area contributed by atoms with Gasteiger partial charge in [-0.2, -0.15) is 4.31 Å². The molecule has 0 radical (unpaired) electrons. The molecule has 1 saturated carbocycles. The third-order valence-electron chi connectivity index (χ3n) is 4.04. The van der Waals surface area contributed by atoms with Crippen LogP contribution in [0.1, 0.15) is 12.8 Å². The summed E-state index contributed by atoms with van der Waals surface area (Å²) < 4.78 is 27.7. The third-order valence-corrected chi connectivity index (χ3v) is 8.52. The smallest absolute Gasteiger partial charge is 0.253 e. The summed E-state index contributed by atoms with van der Waals surface area (Å²) in [5.74, 6) is 0.798. The van der Waals surface area contributed by atoms with Crippen molar-refractivity contribution in [3.8, 4) is 0 Å². The van der Waals surface area contributed by atoms with Crippen LogP contribution in [0.4, 0.5) is 0 Å². The fourth-order valence-electron chi connectivity index (χ4n) is 3.04. The Morgan fingerprint density at radius 2 is 2.17 bits per heavy atom. The lowest BCUT2D eigenvalue weighted by atomic mass is 9.98. The molecule has 0 amide bonds. The Morgan fingerprint density at radius 3 is 2.78 bits per heavy atom. The SMILES string of the molecule is NC1CCC2CN(S(=O)(=O)c3sccc3Br)CC12. The predicted octanol–water partition coefficient (Wildman–Crippen LogP) is 1.87. The molecule has 1 aromatic rings. The number of rotatable bonds is 2. The van der Waals surface area contributed by atoms with Crippen LogP contribution in [-0.4, -0.2) is 31.9 Å². The van der Waals surface area contributed by atoms with Crippen LogP contribution in [0.25, 0.3) is 0 Å². The Balaban J connectivity index is 1.87. The first-order valence-corrected chi connectivity index (χ1v) is 9.10. The van der Waals surface area contributed by atoms with Crippen LogP contribution < -0.4 is 5.73 Å². The Morgan fingerprint density at radius 1 is 1.39 bits per heavy atom. The zero-order valence-corrected chi connectivity index (χ0v) is 13.0. The summed E-state index contributed by atoms with van der Waals surface area (Å²) in [5.41, 5.74) is 6.05. The van der Waals surface area contributed by atoms with Crippen molar-refractivity contribution in [2.45, 2.75) is 23.1 Å². The molecule has 2 heterocycles. The van der Waals surface area contributed by atoms with Gasteiger partial charge < -0.3 is 5.73 Å². The minimum Gasteiger partial charge on any atom is -0.327 e. The van der Waals surface area contributed by atoms with E-state index in [9.17, 15) is 8.42 Å². The van der Waals surface area contributed by atoms with E-state index in [2.05, 4.69) is 15.9 Å². The van der Waals surface area contributed by atoms with Crippen LogP contribution in [0.2, 0.25) is 0 Å². The predicted molar refractivity (Wildman–Crippen MR) is 75.0 cm³/mol. The molecule has 1 aromatic heterocycles. The fourth-order valence-corrected chi connectivity index (χ4v) is 7.03. The van der Waals surface area contributed by atoms with Crippen molar-refractivity contribution < 1.29 is 8.42 Å². The molecular weight excluding hydrogens is 336 g/mol. The van der Waals surface area contributed by atoms with E-state index in [0.717, 1.165) is 12.8 Å². The molecule has 0 aromatic carbocycles. The molecule has 1 aliphatic heterocycles. The maximum absolute atomic E-state index is 12.5. The van der Waals surface area contributed by atoms with Crippen molar-refractivity contribution in [3.63, 3.8) is 0 Å². The van der Waals surface area contributed by atoms with Gasteiger partial charge in [0.15, 0.2) is 0 Å². The molecule has 1 saturated heterocycles. The van der Waals surface area contributed by atoms with E-state index in [1.54, 1.807) is 15.8 Å². The largest absolute Gasteiger partial charge is 0.327 e. The number of nitrogens with zero attached hydrogens (tertiary/aromatic N) is 1. The molecule has 3 rings (SSSR count). The lowest BCUT2D eigenvalue weighted by molar-refractivity contribution is 0.428. The van der Waals surface area contributed by atoms with E-state index in [1.165, 1.54) is 11.3 Å². The molecule has 2 fully saturated rings. The van der Waals surface area contributed by atoms with Gasteiger partial charge in [0.25, 0.3) is 10.0 Å². The summed E-state index contributed by atoms with van der Waals surface area (Å²) in [5, 5.41) is 1.79. The average molecular weight is 351 g/mol. The van der Waals surface area contributed by atoms with Gasteiger partial charge >= 0.3 is 0 Å². The minimum atomic E-state index is -3.34. The molecule has 0 bridgehead atoms. The van der Waals surface area contributed by atoms with Crippen molar-refractivity contribution in [2.24, 2.45) is 17.6 Å². The number of halogens is 1. The van der Waals surface area contributed by atoms with Gasteiger partial charge in [0.05, 0.1) is 0 Å². The molecule has 2 N–H and O–H groups in total. The maximum Gasteiger partial charge on any atom is 0.253 e. The number of hydrogen-bond acceptors (Lipinski definition) is 4. The summed E-state index contributed by atoms with van der Waals surface area (Å²) in [7, 11) is -3.34. The van der Waals surface area contributed by atoms with E-state index in [1.807, 2.05) is 0 Å². The maximum atomic E-state index is 12.5. The second-order valence-corrected chi connectivity index (χ2v) is 8.95. The van der Waals surface area contributed by atoms with Crippen molar-refractivity contribution in [3.05, 3.63) is 15.9 Å². The van der Waals surface area contributed by atoms with Crippen molar-refractivity contribution in [2.75, 3.05) is 13.1 Å². The van der Waals surface area contributed by atoms with Gasteiger partial charge in [-0.05, 0) is 52.1 Å². The Bertz CT molecular complexity index is 557. The third kappa shape index (κ3) is 1.96. The fraction of sp³-hybridized carbons (Fsp3) is 0.636. The van der Waals surface area contributed by atoms with Crippen LogP contribution >= 0.6 is 27.3 Å². The summed E-state index contributed by atoms with van der Waals surface area (Å²) in [4.78, 5) is 0. The summed E-state index contributed by atoms with van der Waals surface area (Å²) in [6.07, 6.45) is 2.09. The van der Waals surface area contributed by atoms with Crippen molar-refractivity contribution >= 4 is 37.3 Å². The number of sulfonamides is 1. The highest BCUT2D eigenvalue weighted by atomic mass is 79.9. The average Bonchev–Trinajstić information content (AvgIpc) is 2.96. The molecule has 18 heavy (non-hydrogen) atoms. The van der Waals surface area contributed by atoms with E-state index < -0.39 is 10.0 Å². The summed E-state index contributed by atoms with van der Waals surface area (Å²) in [6.45, 7) is 1.21. The van der Waals surface area contributed by atoms with E-state index >= 15 is 0 Å². The normalized spacial score (nSPS) is 32.9. The molecule has 100 valence electrons. The van der Waals surface area contributed by atoms with Crippen molar-refractivity contribution in [1.82, 2.24) is 4.31 Å². The van der Waals surface area contributed by atoms with Gasteiger partial charge in [0.1, 0.15) is 4.21 Å². The minimum absolute atomic E-state index is 0.168. The molecule has 2 aliphatic rings. The quantitative estimate of drug-likeness (QED) is 0.885. The highest BCUT2D eigenvalue weighted by Gasteiger charge is 2.45. The number of nitrogens with two attached hydrogens (primary N) is 1. The van der Waals surface area contributed by atoms with Gasteiger partial charge in [-0.1, -0.05) is 0 Å². The first-order valence-electron chi connectivity index (χ1n) is 5.99. The molecule has 3 atom stereocenters. The van der Waals surface area contributed by atoms with E-state index in [0.29, 0.717) is 33.6 Å². The molecule has 3 unspecified atom stereocenters. The highest BCUT2D eigenvalue weighted by molar-refractivity contribution is 9.10. The van der Waals surface area contributed by atoms with Crippen molar-refractivity contribution in [1.29, 1.82) is 0 Å². The zero-order chi connectivity index (χ0) is 12.9. The molecular formula is C11H15BrN2O2S2. The summed E-state index contributed by atoms with van der Waals surface area (Å²) in [6, 6.07) is 1.95. The van der Waals surface area contributed by atoms with Gasteiger partial charge in [0.2, 0.25) is 0 Å². The summed E-state index contributed by atoms with van der Waals surface area (Å²) >= 11 is 4.57. The second kappa shape index (κ2) is 4.56. The van der Waals surface area contributed by atoms with Gasteiger partial charge in [-0.3, -0.25) is 0 Å². The Labute approximate surface area is 119 Å². The lowest BCUT2D eigenvalue weighted by Crippen LogP contribution is -2.33.